The number of benzene rings is 2. The Morgan fingerprint density at radius 3 is 2.60 bits per heavy atom. The second-order valence-electron chi connectivity index (χ2n) is 12.5. The molecule has 3 fully saturated rings. The number of fused-ring (bicyclic) bond motifs is 1. The molecule has 0 atom stereocenters. The predicted octanol–water partition coefficient (Wildman–Crippen LogP) is 5.82. The summed E-state index contributed by atoms with van der Waals surface area (Å²) in [5.74, 6) is 5.66. The van der Waals surface area contributed by atoms with Crippen LogP contribution in [0.5, 0.6) is 5.75 Å². The van der Waals surface area contributed by atoms with Crippen molar-refractivity contribution < 1.29 is 22.3 Å². The Hall–Kier alpha value is -3.35. The Bertz CT molecular complexity index is 1770. The monoisotopic (exact) mass is 650 g/mol. The van der Waals surface area contributed by atoms with Gasteiger partial charge in [-0.15, -0.1) is 11.3 Å². The van der Waals surface area contributed by atoms with E-state index in [-0.39, 0.29) is 18.7 Å². The standard InChI is InChI=1S/C34H39FN4O4S2/c1-42-30-20-32(45(2,40)41)27(35)19-29(30)37-16-4-7-31-25(12-15-36)26-5-3-6-28(33(26)44-31)38-23-8-10-24(11-9-23)39-21-34(22-39)13-17-43-18-14-34/h3,5-6,19-20,23-24,37-38H,8-14,16-18,21-22H2,1-2H3. The molecule has 1 aliphatic carbocycles. The molecule has 0 amide bonds. The molecule has 238 valence electrons. The zero-order valence-electron chi connectivity index (χ0n) is 25.7. The van der Waals surface area contributed by atoms with Gasteiger partial charge in [0.15, 0.2) is 9.84 Å². The third-order valence-corrected chi connectivity index (χ3v) is 11.8. The van der Waals surface area contributed by atoms with Crippen molar-refractivity contribution >= 4 is 42.6 Å². The minimum Gasteiger partial charge on any atom is -0.495 e. The number of nitriles is 1. The van der Waals surface area contributed by atoms with Crippen LogP contribution < -0.4 is 15.4 Å². The van der Waals surface area contributed by atoms with Gasteiger partial charge in [0.2, 0.25) is 0 Å². The number of methoxy groups -OCH3 is 1. The zero-order valence-corrected chi connectivity index (χ0v) is 27.4. The number of nitrogens with zero attached hydrogens (tertiary/aromatic N) is 2. The SMILES string of the molecule is COc1cc(S(C)(=O)=O)c(F)cc1NCC#Cc1sc2c(NC3CCC(N4CC5(CCOCC5)C4)CC3)cccc2c1CC#N. The largest absolute Gasteiger partial charge is 0.495 e. The quantitative estimate of drug-likeness (QED) is 0.294. The number of hydrogen-bond acceptors (Lipinski definition) is 9. The molecule has 2 N–H and O–H groups in total. The van der Waals surface area contributed by atoms with Crippen molar-refractivity contribution in [3.8, 4) is 23.7 Å². The molecule has 3 aromatic rings. The smallest absolute Gasteiger partial charge is 0.178 e. The molecule has 11 heteroatoms. The second kappa shape index (κ2) is 13.2. The fourth-order valence-corrected chi connectivity index (χ4v) is 8.93. The van der Waals surface area contributed by atoms with Gasteiger partial charge in [0.1, 0.15) is 16.5 Å². The molecular weight excluding hydrogens is 612 g/mol. The molecule has 2 aliphatic heterocycles. The second-order valence-corrected chi connectivity index (χ2v) is 15.5. The van der Waals surface area contributed by atoms with Crippen LogP contribution in [0.3, 0.4) is 0 Å². The minimum atomic E-state index is -3.74. The molecule has 2 saturated heterocycles. The maximum absolute atomic E-state index is 14.5. The molecule has 1 aromatic heterocycles. The van der Waals surface area contributed by atoms with E-state index in [4.69, 9.17) is 9.47 Å². The van der Waals surface area contributed by atoms with E-state index in [1.807, 2.05) is 6.07 Å². The molecule has 3 aliphatic rings. The topological polar surface area (TPSA) is 104 Å². The molecule has 1 spiro atoms. The first kappa shape index (κ1) is 31.6. The van der Waals surface area contributed by atoms with Gasteiger partial charge >= 0.3 is 0 Å². The van der Waals surface area contributed by atoms with Gasteiger partial charge in [-0.3, -0.25) is 4.90 Å². The Balaban J connectivity index is 1.12. The van der Waals surface area contributed by atoms with Gasteiger partial charge < -0.3 is 20.1 Å². The normalized spacial score (nSPS) is 21.4. The van der Waals surface area contributed by atoms with Crippen molar-refractivity contribution in [2.75, 3.05) is 56.8 Å². The molecule has 45 heavy (non-hydrogen) atoms. The fourth-order valence-electron chi connectivity index (χ4n) is 7.03. The Morgan fingerprint density at radius 1 is 1.16 bits per heavy atom. The van der Waals surface area contributed by atoms with E-state index in [2.05, 4.69) is 45.6 Å². The first-order valence-corrected chi connectivity index (χ1v) is 18.2. The maximum Gasteiger partial charge on any atom is 0.178 e. The lowest BCUT2D eigenvalue weighted by atomic mass is 9.71. The Morgan fingerprint density at radius 2 is 1.91 bits per heavy atom. The average molecular weight is 651 g/mol. The molecule has 0 unspecified atom stereocenters. The number of thiophene rings is 1. The third-order valence-electron chi connectivity index (χ3n) is 9.50. The lowest BCUT2D eigenvalue weighted by molar-refractivity contribution is -0.102. The van der Waals surface area contributed by atoms with Crippen LogP contribution in [-0.2, 0) is 21.0 Å². The summed E-state index contributed by atoms with van der Waals surface area (Å²) in [7, 11) is -2.34. The summed E-state index contributed by atoms with van der Waals surface area (Å²) >= 11 is 1.59. The van der Waals surface area contributed by atoms with Gasteiger partial charge in [0.25, 0.3) is 0 Å². The number of ether oxygens (including phenoxy) is 2. The van der Waals surface area contributed by atoms with E-state index in [0.29, 0.717) is 23.2 Å². The van der Waals surface area contributed by atoms with Crippen molar-refractivity contribution in [1.29, 1.82) is 5.26 Å². The summed E-state index contributed by atoms with van der Waals surface area (Å²) in [6.45, 7) is 4.47. The number of rotatable bonds is 8. The van der Waals surface area contributed by atoms with Crippen molar-refractivity contribution in [1.82, 2.24) is 4.90 Å². The van der Waals surface area contributed by atoms with Crippen molar-refractivity contribution in [3.05, 3.63) is 46.6 Å². The summed E-state index contributed by atoms with van der Waals surface area (Å²) in [5.41, 5.74) is 2.82. The molecule has 1 saturated carbocycles. The Labute approximate surface area is 268 Å². The lowest BCUT2D eigenvalue weighted by Crippen LogP contribution is -2.62. The first-order valence-electron chi connectivity index (χ1n) is 15.5. The Kier molecular flexibility index (Phi) is 9.26. The van der Waals surface area contributed by atoms with Crippen LogP contribution in [0.4, 0.5) is 15.8 Å². The van der Waals surface area contributed by atoms with Crippen molar-refractivity contribution in [3.63, 3.8) is 0 Å². The van der Waals surface area contributed by atoms with Gasteiger partial charge in [0.05, 0.1) is 47.1 Å². The summed E-state index contributed by atoms with van der Waals surface area (Å²) in [6, 6.07) is 11.9. The fraction of sp³-hybridized carbons (Fsp3) is 0.500. The summed E-state index contributed by atoms with van der Waals surface area (Å²) in [5, 5.41) is 17.5. The highest BCUT2D eigenvalue weighted by Gasteiger charge is 2.46. The third kappa shape index (κ3) is 6.78. The molecule has 8 nitrogen and oxygen atoms in total. The highest BCUT2D eigenvalue weighted by atomic mass is 32.2. The highest BCUT2D eigenvalue weighted by Crippen LogP contribution is 2.43. The van der Waals surface area contributed by atoms with Gasteiger partial charge in [-0.25, -0.2) is 12.8 Å². The van der Waals surface area contributed by atoms with Crippen LogP contribution >= 0.6 is 11.3 Å². The van der Waals surface area contributed by atoms with E-state index >= 15 is 0 Å². The van der Waals surface area contributed by atoms with E-state index in [1.165, 1.54) is 51.9 Å². The van der Waals surface area contributed by atoms with Crippen LogP contribution in [0.2, 0.25) is 0 Å². The molecule has 3 heterocycles. The summed E-state index contributed by atoms with van der Waals surface area (Å²) < 4.78 is 50.2. The van der Waals surface area contributed by atoms with E-state index in [0.717, 1.165) is 64.6 Å². The number of halogens is 1. The lowest BCUT2D eigenvalue weighted by Gasteiger charge is -2.56. The number of nitrogens with one attached hydrogen (secondary N) is 2. The van der Waals surface area contributed by atoms with E-state index in [9.17, 15) is 18.1 Å². The summed E-state index contributed by atoms with van der Waals surface area (Å²) in [6.07, 6.45) is 8.31. The van der Waals surface area contributed by atoms with Crippen molar-refractivity contribution in [2.24, 2.45) is 5.41 Å². The van der Waals surface area contributed by atoms with Gasteiger partial charge in [-0.1, -0.05) is 24.0 Å². The van der Waals surface area contributed by atoms with Crippen LogP contribution in [-0.4, -0.2) is 71.6 Å². The molecular formula is C34H39FN4O4S2. The predicted molar refractivity (Wildman–Crippen MR) is 176 cm³/mol. The van der Waals surface area contributed by atoms with Crippen molar-refractivity contribution in [2.45, 2.75) is 61.9 Å². The molecule has 0 radical (unpaired) electrons. The van der Waals surface area contributed by atoms with Crippen LogP contribution in [0, 0.1) is 34.4 Å². The van der Waals surface area contributed by atoms with Gasteiger partial charge in [-0.2, -0.15) is 5.26 Å². The van der Waals surface area contributed by atoms with E-state index < -0.39 is 20.5 Å². The highest BCUT2D eigenvalue weighted by molar-refractivity contribution is 7.90. The van der Waals surface area contributed by atoms with Gasteiger partial charge in [0, 0.05) is 73.1 Å². The first-order chi connectivity index (χ1) is 21.7. The number of sulfone groups is 1. The molecule has 6 rings (SSSR count). The number of likely N-dealkylation sites (tertiary alicyclic amines) is 1. The summed E-state index contributed by atoms with van der Waals surface area (Å²) in [4.78, 5) is 3.11. The number of hydrogen-bond donors (Lipinski definition) is 2. The molecule has 0 bridgehead atoms. The van der Waals surface area contributed by atoms with Crippen LogP contribution in [0.1, 0.15) is 49.0 Å². The average Bonchev–Trinajstić information content (AvgIpc) is 3.36. The van der Waals surface area contributed by atoms with Crippen LogP contribution in [0.15, 0.2) is 35.2 Å². The zero-order chi connectivity index (χ0) is 31.6. The maximum atomic E-state index is 14.5. The van der Waals surface area contributed by atoms with Gasteiger partial charge in [-0.05, 0) is 44.6 Å². The minimum absolute atomic E-state index is 0.175. The van der Waals surface area contributed by atoms with Crippen LogP contribution in [0.25, 0.3) is 10.1 Å². The molecule has 2 aromatic carbocycles. The number of anilines is 2. The van der Waals surface area contributed by atoms with E-state index in [1.54, 1.807) is 11.3 Å².